The highest BCUT2D eigenvalue weighted by Gasteiger charge is 2.42. The van der Waals surface area contributed by atoms with Crippen molar-refractivity contribution in [3.8, 4) is 0 Å². The SMILES string of the molecule is Cc1cccc(N2C(=O)C[C@H](c3ccsc3)C3=C2COC3=O)c1. The summed E-state index contributed by atoms with van der Waals surface area (Å²) in [4.78, 5) is 26.7. The van der Waals surface area contributed by atoms with Gasteiger partial charge in [0.15, 0.2) is 0 Å². The molecule has 0 saturated carbocycles. The highest BCUT2D eigenvalue weighted by molar-refractivity contribution is 7.08. The van der Waals surface area contributed by atoms with Gasteiger partial charge in [0.1, 0.15) is 6.61 Å². The number of aryl methyl sites for hydroxylation is 1. The zero-order chi connectivity index (χ0) is 16.0. The molecule has 0 N–H and O–H groups in total. The van der Waals surface area contributed by atoms with E-state index >= 15 is 0 Å². The van der Waals surface area contributed by atoms with Gasteiger partial charge in [0, 0.05) is 18.0 Å². The molecule has 0 radical (unpaired) electrons. The van der Waals surface area contributed by atoms with Crippen molar-refractivity contribution in [2.45, 2.75) is 19.3 Å². The van der Waals surface area contributed by atoms with Gasteiger partial charge in [-0.25, -0.2) is 4.79 Å². The number of anilines is 1. The number of nitrogens with zero attached hydrogens (tertiary/aromatic N) is 1. The van der Waals surface area contributed by atoms with Crippen LogP contribution in [0.4, 0.5) is 5.69 Å². The first-order valence-electron chi connectivity index (χ1n) is 7.47. The molecule has 1 aromatic heterocycles. The first-order chi connectivity index (χ1) is 11.1. The lowest BCUT2D eigenvalue weighted by atomic mass is 9.85. The fraction of sp³-hybridized carbons (Fsp3) is 0.222. The van der Waals surface area contributed by atoms with Crippen molar-refractivity contribution in [1.82, 2.24) is 0 Å². The molecule has 2 aromatic rings. The number of carbonyl (C=O) groups is 2. The summed E-state index contributed by atoms with van der Waals surface area (Å²) < 4.78 is 5.25. The zero-order valence-corrected chi connectivity index (χ0v) is 13.4. The second-order valence-electron chi connectivity index (χ2n) is 5.82. The summed E-state index contributed by atoms with van der Waals surface area (Å²) in [6.07, 6.45) is 0.290. The molecular formula is C18H15NO3S. The fourth-order valence-electron chi connectivity index (χ4n) is 3.28. The van der Waals surface area contributed by atoms with E-state index in [0.717, 1.165) is 16.8 Å². The lowest BCUT2D eigenvalue weighted by molar-refractivity contribution is -0.136. The Morgan fingerprint density at radius 2 is 2.13 bits per heavy atom. The fourth-order valence-corrected chi connectivity index (χ4v) is 3.99. The third-order valence-corrected chi connectivity index (χ3v) is 5.02. The summed E-state index contributed by atoms with van der Waals surface area (Å²) >= 11 is 1.57. The van der Waals surface area contributed by atoms with Gasteiger partial charge in [-0.05, 0) is 47.0 Å². The van der Waals surface area contributed by atoms with Crippen LogP contribution < -0.4 is 4.90 Å². The molecule has 1 atom stereocenters. The molecule has 1 amide bonds. The molecule has 2 aliphatic heterocycles. The van der Waals surface area contributed by atoms with Crippen LogP contribution >= 0.6 is 11.3 Å². The van der Waals surface area contributed by atoms with Gasteiger partial charge in [0.2, 0.25) is 5.91 Å². The number of amides is 1. The number of hydrogen-bond donors (Lipinski definition) is 0. The quantitative estimate of drug-likeness (QED) is 0.795. The van der Waals surface area contributed by atoms with Crippen molar-refractivity contribution in [2.24, 2.45) is 0 Å². The molecule has 0 bridgehead atoms. The molecule has 5 heteroatoms. The van der Waals surface area contributed by atoms with Crippen molar-refractivity contribution in [1.29, 1.82) is 0 Å². The number of ether oxygens (including phenoxy) is 1. The average molecular weight is 325 g/mol. The van der Waals surface area contributed by atoms with Crippen LogP contribution in [0.5, 0.6) is 0 Å². The van der Waals surface area contributed by atoms with Crippen molar-refractivity contribution >= 4 is 28.9 Å². The Balaban J connectivity index is 1.85. The first-order valence-corrected chi connectivity index (χ1v) is 8.41. The first kappa shape index (κ1) is 14.2. The Hall–Kier alpha value is -2.40. The predicted octanol–water partition coefficient (Wildman–Crippen LogP) is 3.39. The van der Waals surface area contributed by atoms with Gasteiger partial charge in [0.05, 0.1) is 11.3 Å². The van der Waals surface area contributed by atoms with Crippen LogP contribution in [0.2, 0.25) is 0 Å². The normalized spacial score (nSPS) is 20.7. The number of thiophene rings is 1. The van der Waals surface area contributed by atoms with E-state index in [1.807, 2.05) is 48.0 Å². The van der Waals surface area contributed by atoms with Crippen LogP contribution in [0.15, 0.2) is 52.4 Å². The largest absolute Gasteiger partial charge is 0.456 e. The maximum absolute atomic E-state index is 12.8. The topological polar surface area (TPSA) is 46.6 Å². The van der Waals surface area contributed by atoms with Gasteiger partial charge in [0.25, 0.3) is 0 Å². The summed E-state index contributed by atoms with van der Waals surface area (Å²) in [5, 5.41) is 3.96. The van der Waals surface area contributed by atoms with E-state index in [9.17, 15) is 9.59 Å². The molecular weight excluding hydrogens is 310 g/mol. The van der Waals surface area contributed by atoms with Crippen LogP contribution in [-0.2, 0) is 14.3 Å². The Morgan fingerprint density at radius 1 is 1.26 bits per heavy atom. The molecule has 0 unspecified atom stereocenters. The molecule has 0 saturated heterocycles. The molecule has 4 nitrogen and oxygen atoms in total. The number of hydrogen-bond acceptors (Lipinski definition) is 4. The molecule has 0 fully saturated rings. The maximum Gasteiger partial charge on any atom is 0.336 e. The summed E-state index contributed by atoms with van der Waals surface area (Å²) in [6, 6.07) is 9.72. The van der Waals surface area contributed by atoms with Crippen molar-refractivity contribution in [3.63, 3.8) is 0 Å². The molecule has 116 valence electrons. The number of benzene rings is 1. The van der Waals surface area contributed by atoms with Crippen molar-refractivity contribution in [3.05, 3.63) is 63.5 Å². The second kappa shape index (κ2) is 5.35. The summed E-state index contributed by atoms with van der Waals surface area (Å²) in [6.45, 7) is 2.15. The highest BCUT2D eigenvalue weighted by Crippen LogP contribution is 2.42. The maximum atomic E-state index is 12.8. The van der Waals surface area contributed by atoms with Crippen molar-refractivity contribution in [2.75, 3.05) is 11.5 Å². The number of carbonyl (C=O) groups excluding carboxylic acids is 2. The Bertz CT molecular complexity index is 823. The Morgan fingerprint density at radius 3 is 2.87 bits per heavy atom. The van der Waals surface area contributed by atoms with Gasteiger partial charge in [-0.1, -0.05) is 12.1 Å². The van der Waals surface area contributed by atoms with E-state index in [0.29, 0.717) is 17.7 Å². The lowest BCUT2D eigenvalue weighted by Crippen LogP contribution is -2.37. The minimum Gasteiger partial charge on any atom is -0.456 e. The van der Waals surface area contributed by atoms with Gasteiger partial charge >= 0.3 is 5.97 Å². The average Bonchev–Trinajstić information content (AvgIpc) is 3.17. The van der Waals surface area contributed by atoms with E-state index in [4.69, 9.17) is 4.74 Å². The zero-order valence-electron chi connectivity index (χ0n) is 12.6. The molecule has 4 rings (SSSR count). The third kappa shape index (κ3) is 2.28. The van der Waals surface area contributed by atoms with Gasteiger partial charge in [-0.3, -0.25) is 9.69 Å². The van der Waals surface area contributed by atoms with E-state index in [1.165, 1.54) is 0 Å². The summed E-state index contributed by atoms with van der Waals surface area (Å²) in [7, 11) is 0. The van der Waals surface area contributed by atoms with Crippen LogP contribution in [0.1, 0.15) is 23.5 Å². The highest BCUT2D eigenvalue weighted by atomic mass is 32.1. The molecule has 0 aliphatic carbocycles. The van der Waals surface area contributed by atoms with Gasteiger partial charge in [-0.15, -0.1) is 0 Å². The summed E-state index contributed by atoms with van der Waals surface area (Å²) in [5.74, 6) is -0.495. The van der Waals surface area contributed by atoms with Crippen LogP contribution in [0.25, 0.3) is 0 Å². The van der Waals surface area contributed by atoms with E-state index in [1.54, 1.807) is 16.2 Å². The Kier molecular flexibility index (Phi) is 3.31. The van der Waals surface area contributed by atoms with Gasteiger partial charge in [-0.2, -0.15) is 11.3 Å². The standard InChI is InChI=1S/C18H15NO3S/c1-11-3-2-4-13(7-11)19-15-9-22-18(21)17(15)14(8-16(19)20)12-5-6-23-10-12/h2-7,10,14H,8-9H2,1H3/t14-/m1/s1. The lowest BCUT2D eigenvalue weighted by Gasteiger charge is -2.31. The monoisotopic (exact) mass is 325 g/mol. The third-order valence-electron chi connectivity index (χ3n) is 4.32. The van der Waals surface area contributed by atoms with Crippen LogP contribution in [0, 0.1) is 6.92 Å². The van der Waals surface area contributed by atoms with Crippen molar-refractivity contribution < 1.29 is 14.3 Å². The van der Waals surface area contributed by atoms with E-state index < -0.39 is 0 Å². The number of rotatable bonds is 2. The molecule has 2 aliphatic rings. The molecule has 0 spiro atoms. The van der Waals surface area contributed by atoms with Crippen LogP contribution in [0.3, 0.4) is 0 Å². The number of esters is 1. The van der Waals surface area contributed by atoms with E-state index in [2.05, 4.69) is 0 Å². The molecule has 23 heavy (non-hydrogen) atoms. The Labute approximate surface area is 138 Å². The minimum atomic E-state index is -0.304. The molecule has 1 aromatic carbocycles. The minimum absolute atomic E-state index is 0.00356. The summed E-state index contributed by atoms with van der Waals surface area (Å²) in [5.41, 5.74) is 4.20. The van der Waals surface area contributed by atoms with Gasteiger partial charge < -0.3 is 4.74 Å². The smallest absolute Gasteiger partial charge is 0.336 e. The number of cyclic esters (lactones) is 1. The van der Waals surface area contributed by atoms with Crippen LogP contribution in [-0.4, -0.2) is 18.5 Å². The van der Waals surface area contributed by atoms with E-state index in [-0.39, 0.29) is 24.4 Å². The predicted molar refractivity (Wildman–Crippen MR) is 88.3 cm³/mol. The molecule has 3 heterocycles. The second-order valence-corrected chi connectivity index (χ2v) is 6.60.